The molecule has 0 fully saturated rings. The summed E-state index contributed by atoms with van der Waals surface area (Å²) in [4.78, 5) is 13.6. The quantitative estimate of drug-likeness (QED) is 0.773. The Morgan fingerprint density at radius 2 is 2.05 bits per heavy atom. The number of benzene rings is 1. The molecule has 0 N–H and O–H groups in total. The molecule has 0 saturated carbocycles. The highest BCUT2D eigenvalue weighted by Gasteiger charge is 2.36. The first-order chi connectivity index (χ1) is 9.85. The minimum Gasteiger partial charge on any atom is -0.495 e. The van der Waals surface area contributed by atoms with Crippen LogP contribution in [0.25, 0.3) is 5.57 Å². The second-order valence-electron chi connectivity index (χ2n) is 6.35. The summed E-state index contributed by atoms with van der Waals surface area (Å²) in [6, 6.07) is 4.18. The Bertz CT molecular complexity index is 587. The van der Waals surface area contributed by atoms with Crippen LogP contribution in [0.5, 0.6) is 5.75 Å². The average Bonchev–Trinajstić information content (AvgIpc) is 2.45. The van der Waals surface area contributed by atoms with E-state index in [2.05, 4.69) is 45.6 Å². The van der Waals surface area contributed by atoms with Crippen molar-refractivity contribution in [3.63, 3.8) is 0 Å². The number of anilines is 1. The molecule has 1 aromatic rings. The van der Waals surface area contributed by atoms with Crippen molar-refractivity contribution in [2.75, 3.05) is 12.0 Å². The van der Waals surface area contributed by atoms with E-state index < -0.39 is 0 Å². The molecule has 3 heteroatoms. The van der Waals surface area contributed by atoms with Crippen LogP contribution in [0.15, 0.2) is 18.2 Å². The summed E-state index contributed by atoms with van der Waals surface area (Å²) in [6.07, 6.45) is 4.20. The predicted octanol–water partition coefficient (Wildman–Crippen LogP) is 4.31. The zero-order valence-corrected chi connectivity index (χ0v) is 13.9. The van der Waals surface area contributed by atoms with Crippen LogP contribution < -0.4 is 9.64 Å². The lowest BCUT2D eigenvalue weighted by Gasteiger charge is -2.47. The number of hydrogen-bond donors (Lipinski definition) is 0. The molecule has 0 amide bonds. The van der Waals surface area contributed by atoms with Gasteiger partial charge in [-0.2, -0.15) is 0 Å². The summed E-state index contributed by atoms with van der Waals surface area (Å²) in [5.74, 6) is 0.774. The van der Waals surface area contributed by atoms with Crippen molar-refractivity contribution >= 4 is 17.5 Å². The fourth-order valence-corrected chi connectivity index (χ4v) is 3.34. The number of carbonyl (C=O) groups excluding carboxylic acids is 1. The number of allylic oxidation sites excluding steroid dienone is 1. The highest BCUT2D eigenvalue weighted by molar-refractivity contribution is 5.89. The number of carbonyl (C=O) groups is 1. The third-order valence-electron chi connectivity index (χ3n) is 4.34. The third-order valence-corrected chi connectivity index (χ3v) is 4.34. The number of rotatable bonds is 4. The highest BCUT2D eigenvalue weighted by Crippen LogP contribution is 2.46. The fourth-order valence-electron chi connectivity index (χ4n) is 3.34. The molecule has 114 valence electrons. The van der Waals surface area contributed by atoms with Crippen LogP contribution in [0.2, 0.25) is 0 Å². The van der Waals surface area contributed by atoms with Crippen molar-refractivity contribution in [2.24, 2.45) is 0 Å². The number of aldehydes is 1. The number of hydrogen-bond acceptors (Lipinski definition) is 3. The Balaban J connectivity index is 2.76. The minimum atomic E-state index is -0.0809. The summed E-state index contributed by atoms with van der Waals surface area (Å²) in [7, 11) is 1.67. The van der Waals surface area contributed by atoms with Crippen LogP contribution in [0.1, 0.15) is 57.0 Å². The van der Waals surface area contributed by atoms with Gasteiger partial charge >= 0.3 is 0 Å². The molecular weight excluding hydrogens is 262 g/mol. The Labute approximate surface area is 127 Å². The lowest BCUT2D eigenvalue weighted by Crippen LogP contribution is -2.50. The summed E-state index contributed by atoms with van der Waals surface area (Å²) < 4.78 is 5.59. The first-order valence-corrected chi connectivity index (χ1v) is 7.52. The number of methoxy groups -OCH3 is 1. The molecule has 0 radical (unpaired) electrons. The molecule has 0 spiro atoms. The van der Waals surface area contributed by atoms with Crippen LogP contribution in [0, 0.1) is 0 Å². The molecule has 1 atom stereocenters. The van der Waals surface area contributed by atoms with E-state index >= 15 is 0 Å². The zero-order chi connectivity index (χ0) is 15.8. The van der Waals surface area contributed by atoms with Crippen molar-refractivity contribution in [1.82, 2.24) is 0 Å². The first-order valence-electron chi connectivity index (χ1n) is 7.52. The summed E-state index contributed by atoms with van der Waals surface area (Å²) in [5, 5.41) is 0. The molecule has 0 saturated heterocycles. The monoisotopic (exact) mass is 287 g/mol. The van der Waals surface area contributed by atoms with E-state index in [9.17, 15) is 4.79 Å². The molecule has 1 aromatic carbocycles. The standard InChI is InChI=1S/C18H25NO2/c1-7-13(3)19-17-15(12(2)10-18(19,4)5)8-14(11-20)9-16(17)21-6/h8-11,13H,7H2,1-6H3. The van der Waals surface area contributed by atoms with Crippen LogP contribution >= 0.6 is 0 Å². The van der Waals surface area contributed by atoms with Gasteiger partial charge in [-0.25, -0.2) is 0 Å². The van der Waals surface area contributed by atoms with E-state index in [1.807, 2.05) is 12.1 Å². The molecule has 1 aliphatic heterocycles. The van der Waals surface area contributed by atoms with E-state index in [-0.39, 0.29) is 5.54 Å². The van der Waals surface area contributed by atoms with Gasteiger partial charge in [-0.15, -0.1) is 0 Å². The largest absolute Gasteiger partial charge is 0.495 e. The summed E-state index contributed by atoms with van der Waals surface area (Å²) in [5.41, 5.74) is 3.96. The van der Waals surface area contributed by atoms with Crippen molar-refractivity contribution in [2.45, 2.75) is 52.6 Å². The van der Waals surface area contributed by atoms with Crippen LogP contribution in [0.3, 0.4) is 0 Å². The maximum absolute atomic E-state index is 11.2. The fraction of sp³-hybridized carbons (Fsp3) is 0.500. The minimum absolute atomic E-state index is 0.0809. The molecule has 21 heavy (non-hydrogen) atoms. The van der Waals surface area contributed by atoms with Crippen molar-refractivity contribution in [1.29, 1.82) is 0 Å². The summed E-state index contributed by atoms with van der Waals surface area (Å²) in [6.45, 7) is 11.0. The molecular formula is C18H25NO2. The van der Waals surface area contributed by atoms with Gasteiger partial charge in [-0.3, -0.25) is 4.79 Å². The molecule has 1 heterocycles. The predicted molar refractivity (Wildman–Crippen MR) is 88.3 cm³/mol. The lowest BCUT2D eigenvalue weighted by atomic mass is 9.86. The van der Waals surface area contributed by atoms with Gasteiger partial charge in [-0.1, -0.05) is 13.0 Å². The van der Waals surface area contributed by atoms with Crippen LogP contribution in [-0.4, -0.2) is 25.0 Å². The molecule has 0 aliphatic carbocycles. The van der Waals surface area contributed by atoms with Crippen molar-refractivity contribution in [3.8, 4) is 5.75 Å². The van der Waals surface area contributed by atoms with Gasteiger partial charge in [0.25, 0.3) is 0 Å². The smallest absolute Gasteiger partial charge is 0.150 e. The number of nitrogens with zero attached hydrogens (tertiary/aromatic N) is 1. The molecule has 0 aromatic heterocycles. The van der Waals surface area contributed by atoms with Crippen LogP contribution in [-0.2, 0) is 0 Å². The lowest BCUT2D eigenvalue weighted by molar-refractivity contribution is 0.112. The Morgan fingerprint density at radius 3 is 2.57 bits per heavy atom. The Kier molecular flexibility index (Phi) is 4.13. The van der Waals surface area contributed by atoms with Gasteiger partial charge in [0.1, 0.15) is 12.0 Å². The second-order valence-corrected chi connectivity index (χ2v) is 6.35. The van der Waals surface area contributed by atoms with Gasteiger partial charge in [-0.05, 0) is 51.8 Å². The number of ether oxygens (including phenoxy) is 1. The van der Waals surface area contributed by atoms with E-state index in [4.69, 9.17) is 4.74 Å². The normalized spacial score (nSPS) is 17.8. The molecule has 0 bridgehead atoms. The Hall–Kier alpha value is -1.77. The van der Waals surface area contributed by atoms with Gasteiger partial charge in [0, 0.05) is 17.2 Å². The van der Waals surface area contributed by atoms with Crippen molar-refractivity contribution < 1.29 is 9.53 Å². The first kappa shape index (κ1) is 15.6. The molecule has 1 aliphatic rings. The van der Waals surface area contributed by atoms with Gasteiger partial charge < -0.3 is 9.64 Å². The molecule has 3 nitrogen and oxygen atoms in total. The molecule has 1 unspecified atom stereocenters. The van der Waals surface area contributed by atoms with Crippen LogP contribution in [0.4, 0.5) is 5.69 Å². The maximum atomic E-state index is 11.2. The van der Waals surface area contributed by atoms with Gasteiger partial charge in [0.05, 0.1) is 18.3 Å². The Morgan fingerprint density at radius 1 is 1.38 bits per heavy atom. The van der Waals surface area contributed by atoms with E-state index in [1.54, 1.807) is 7.11 Å². The third kappa shape index (κ3) is 2.57. The summed E-state index contributed by atoms with van der Waals surface area (Å²) >= 11 is 0. The zero-order valence-electron chi connectivity index (χ0n) is 13.9. The van der Waals surface area contributed by atoms with Gasteiger partial charge in [0.15, 0.2) is 0 Å². The van der Waals surface area contributed by atoms with E-state index in [0.29, 0.717) is 11.6 Å². The SMILES string of the molecule is CCC(C)N1c2c(OC)cc(C=O)cc2C(C)=CC1(C)C. The topological polar surface area (TPSA) is 29.5 Å². The highest BCUT2D eigenvalue weighted by atomic mass is 16.5. The maximum Gasteiger partial charge on any atom is 0.150 e. The number of fused-ring (bicyclic) bond motifs is 1. The average molecular weight is 287 g/mol. The van der Waals surface area contributed by atoms with E-state index in [1.165, 1.54) is 5.57 Å². The van der Waals surface area contributed by atoms with E-state index in [0.717, 1.165) is 29.7 Å². The molecule has 2 rings (SSSR count). The van der Waals surface area contributed by atoms with Crippen molar-refractivity contribution in [3.05, 3.63) is 29.3 Å². The van der Waals surface area contributed by atoms with Gasteiger partial charge in [0.2, 0.25) is 0 Å². The second kappa shape index (κ2) is 5.55.